The van der Waals surface area contributed by atoms with Crippen LogP contribution >= 0.6 is 0 Å². The number of sulfone groups is 1. The van der Waals surface area contributed by atoms with Gasteiger partial charge in [-0.1, -0.05) is 19.1 Å². The van der Waals surface area contributed by atoms with E-state index in [2.05, 4.69) is 15.3 Å². The summed E-state index contributed by atoms with van der Waals surface area (Å²) in [6.07, 6.45) is 0. The predicted octanol–water partition coefficient (Wildman–Crippen LogP) is 0.447. The van der Waals surface area contributed by atoms with E-state index in [1.807, 2.05) is 6.07 Å². The summed E-state index contributed by atoms with van der Waals surface area (Å²) in [5, 5.41) is 3.52. The molecule has 7 heteroatoms. The van der Waals surface area contributed by atoms with Crippen LogP contribution in [0.5, 0.6) is 0 Å². The quantitative estimate of drug-likeness (QED) is 0.755. The molecular formula is C13H17N3O3S. The SMILES string of the molecule is CCS(=O)(=O)CCNCc1nc2ccccc2c(=O)[nH]1. The average Bonchev–Trinajstić information content (AvgIpc) is 2.44. The van der Waals surface area contributed by atoms with Crippen molar-refractivity contribution in [1.29, 1.82) is 0 Å². The standard InChI is InChI=1S/C13H17N3O3S/c1-2-20(18,19)8-7-14-9-12-15-11-6-4-3-5-10(11)13(17)16-12/h3-6,14H,2,7-9H2,1H3,(H,15,16,17). The van der Waals surface area contributed by atoms with Crippen LogP contribution in [0, 0.1) is 0 Å². The van der Waals surface area contributed by atoms with Crippen LogP contribution in [0.25, 0.3) is 10.9 Å². The van der Waals surface area contributed by atoms with Crippen molar-refractivity contribution >= 4 is 20.7 Å². The molecule has 1 aromatic heterocycles. The lowest BCUT2D eigenvalue weighted by Crippen LogP contribution is -2.25. The van der Waals surface area contributed by atoms with Gasteiger partial charge in [-0.25, -0.2) is 13.4 Å². The van der Waals surface area contributed by atoms with E-state index in [4.69, 9.17) is 0 Å². The Morgan fingerprint density at radius 3 is 2.80 bits per heavy atom. The van der Waals surface area contributed by atoms with Crippen LogP contribution in [0.3, 0.4) is 0 Å². The summed E-state index contributed by atoms with van der Waals surface area (Å²) in [4.78, 5) is 18.8. The number of hydrogen-bond acceptors (Lipinski definition) is 5. The van der Waals surface area contributed by atoms with Crippen molar-refractivity contribution in [2.24, 2.45) is 0 Å². The van der Waals surface area contributed by atoms with E-state index in [1.165, 1.54) is 0 Å². The molecule has 2 rings (SSSR count). The molecule has 0 amide bonds. The first-order valence-electron chi connectivity index (χ1n) is 6.41. The highest BCUT2D eigenvalue weighted by molar-refractivity contribution is 7.91. The second-order valence-electron chi connectivity index (χ2n) is 4.44. The van der Waals surface area contributed by atoms with Gasteiger partial charge in [0.15, 0.2) is 9.84 Å². The largest absolute Gasteiger partial charge is 0.309 e. The highest BCUT2D eigenvalue weighted by Gasteiger charge is 2.07. The van der Waals surface area contributed by atoms with E-state index >= 15 is 0 Å². The van der Waals surface area contributed by atoms with Crippen LogP contribution in [-0.2, 0) is 16.4 Å². The van der Waals surface area contributed by atoms with Gasteiger partial charge in [-0.2, -0.15) is 0 Å². The number of rotatable bonds is 6. The minimum absolute atomic E-state index is 0.0846. The molecule has 1 aromatic carbocycles. The van der Waals surface area contributed by atoms with Gasteiger partial charge in [0.2, 0.25) is 0 Å². The summed E-state index contributed by atoms with van der Waals surface area (Å²) < 4.78 is 22.7. The zero-order valence-electron chi connectivity index (χ0n) is 11.2. The number of nitrogens with zero attached hydrogens (tertiary/aromatic N) is 1. The zero-order chi connectivity index (χ0) is 14.6. The predicted molar refractivity (Wildman–Crippen MR) is 78.4 cm³/mol. The van der Waals surface area contributed by atoms with Crippen molar-refractivity contribution < 1.29 is 8.42 Å². The topological polar surface area (TPSA) is 91.9 Å². The Morgan fingerprint density at radius 1 is 1.30 bits per heavy atom. The van der Waals surface area contributed by atoms with Crippen molar-refractivity contribution in [2.75, 3.05) is 18.1 Å². The van der Waals surface area contributed by atoms with E-state index in [-0.39, 0.29) is 17.1 Å². The van der Waals surface area contributed by atoms with Gasteiger partial charge >= 0.3 is 0 Å². The van der Waals surface area contributed by atoms with Gasteiger partial charge in [-0.15, -0.1) is 0 Å². The summed E-state index contributed by atoms with van der Waals surface area (Å²) in [6.45, 7) is 2.30. The van der Waals surface area contributed by atoms with Crippen LogP contribution in [0.4, 0.5) is 0 Å². The van der Waals surface area contributed by atoms with Crippen molar-refractivity contribution in [3.8, 4) is 0 Å². The van der Waals surface area contributed by atoms with Crippen molar-refractivity contribution in [1.82, 2.24) is 15.3 Å². The molecule has 2 aromatic rings. The van der Waals surface area contributed by atoms with E-state index < -0.39 is 9.84 Å². The van der Waals surface area contributed by atoms with E-state index in [0.29, 0.717) is 29.8 Å². The summed E-state index contributed by atoms with van der Waals surface area (Å²) in [7, 11) is -2.97. The monoisotopic (exact) mass is 295 g/mol. The first kappa shape index (κ1) is 14.7. The Balaban J connectivity index is 2.02. The van der Waals surface area contributed by atoms with Gasteiger partial charge in [-0.3, -0.25) is 4.79 Å². The smallest absolute Gasteiger partial charge is 0.258 e. The molecule has 20 heavy (non-hydrogen) atoms. The molecule has 2 N–H and O–H groups in total. The first-order chi connectivity index (χ1) is 9.52. The lowest BCUT2D eigenvalue weighted by Gasteiger charge is -2.05. The molecule has 0 saturated carbocycles. The summed E-state index contributed by atoms with van der Waals surface area (Å²) in [6, 6.07) is 7.09. The van der Waals surface area contributed by atoms with Gasteiger partial charge in [0.05, 0.1) is 23.2 Å². The molecule has 0 saturated heterocycles. The molecule has 0 aliphatic rings. The maximum Gasteiger partial charge on any atom is 0.258 e. The third-order valence-electron chi connectivity index (χ3n) is 2.98. The van der Waals surface area contributed by atoms with Gasteiger partial charge in [-0.05, 0) is 12.1 Å². The molecular weight excluding hydrogens is 278 g/mol. The number of nitrogens with one attached hydrogen (secondary N) is 2. The van der Waals surface area contributed by atoms with Crippen LogP contribution in [-0.4, -0.2) is 36.4 Å². The van der Waals surface area contributed by atoms with E-state index in [0.717, 1.165) is 0 Å². The van der Waals surface area contributed by atoms with Crippen molar-refractivity contribution in [3.63, 3.8) is 0 Å². The third-order valence-corrected chi connectivity index (χ3v) is 4.69. The Kier molecular flexibility index (Phi) is 4.51. The third kappa shape index (κ3) is 3.64. The van der Waals surface area contributed by atoms with Crippen LogP contribution in [0.15, 0.2) is 29.1 Å². The summed E-state index contributed by atoms with van der Waals surface area (Å²) in [5.74, 6) is 0.726. The van der Waals surface area contributed by atoms with Crippen molar-refractivity contribution in [3.05, 3.63) is 40.4 Å². The number of benzene rings is 1. The van der Waals surface area contributed by atoms with Gasteiger partial charge in [0.1, 0.15) is 5.82 Å². The van der Waals surface area contributed by atoms with E-state index in [1.54, 1.807) is 25.1 Å². The molecule has 0 unspecified atom stereocenters. The van der Waals surface area contributed by atoms with Crippen LogP contribution < -0.4 is 10.9 Å². The lowest BCUT2D eigenvalue weighted by molar-refractivity contribution is 0.590. The molecule has 108 valence electrons. The van der Waals surface area contributed by atoms with E-state index in [9.17, 15) is 13.2 Å². The lowest BCUT2D eigenvalue weighted by atomic mass is 10.2. The fourth-order valence-corrected chi connectivity index (χ4v) is 2.54. The molecule has 0 fully saturated rings. The molecule has 0 aliphatic heterocycles. The fourth-order valence-electron chi connectivity index (χ4n) is 1.80. The number of H-pyrrole nitrogens is 1. The molecule has 1 heterocycles. The fraction of sp³-hybridized carbons (Fsp3) is 0.385. The van der Waals surface area contributed by atoms with Crippen LogP contribution in [0.1, 0.15) is 12.7 Å². The van der Waals surface area contributed by atoms with Gasteiger partial charge in [0.25, 0.3) is 5.56 Å². The number of aromatic amines is 1. The molecule has 0 aliphatic carbocycles. The highest BCUT2D eigenvalue weighted by atomic mass is 32.2. The first-order valence-corrected chi connectivity index (χ1v) is 8.23. The maximum absolute atomic E-state index is 11.8. The normalized spacial score (nSPS) is 11.8. The highest BCUT2D eigenvalue weighted by Crippen LogP contribution is 2.05. The molecule has 0 atom stereocenters. The molecule has 0 bridgehead atoms. The Labute approximate surface area is 117 Å². The summed E-state index contributed by atoms with van der Waals surface area (Å²) in [5.41, 5.74) is 0.447. The number of aromatic nitrogens is 2. The number of para-hydroxylation sites is 1. The van der Waals surface area contributed by atoms with Gasteiger partial charge < -0.3 is 10.3 Å². The molecule has 6 nitrogen and oxygen atoms in total. The summed E-state index contributed by atoms with van der Waals surface area (Å²) >= 11 is 0. The average molecular weight is 295 g/mol. The number of fused-ring (bicyclic) bond motifs is 1. The maximum atomic E-state index is 11.8. The minimum atomic E-state index is -2.97. The van der Waals surface area contributed by atoms with Gasteiger partial charge in [0, 0.05) is 12.3 Å². The number of hydrogen-bond donors (Lipinski definition) is 2. The van der Waals surface area contributed by atoms with Crippen LogP contribution in [0.2, 0.25) is 0 Å². The Morgan fingerprint density at radius 2 is 2.05 bits per heavy atom. The zero-order valence-corrected chi connectivity index (χ0v) is 12.0. The Hall–Kier alpha value is -1.73. The molecule has 0 spiro atoms. The minimum Gasteiger partial charge on any atom is -0.309 e. The molecule has 0 radical (unpaired) electrons. The Bertz CT molecular complexity index is 753. The van der Waals surface area contributed by atoms with Crippen molar-refractivity contribution in [2.45, 2.75) is 13.5 Å². The second kappa shape index (κ2) is 6.15. The second-order valence-corrected chi connectivity index (χ2v) is 6.92.